The fourth-order valence-corrected chi connectivity index (χ4v) is 1.59. The summed E-state index contributed by atoms with van der Waals surface area (Å²) in [6.07, 6.45) is 0.831. The van der Waals surface area contributed by atoms with Crippen LogP contribution < -0.4 is 0 Å². The van der Waals surface area contributed by atoms with Crippen molar-refractivity contribution in [2.75, 3.05) is 0 Å². The predicted molar refractivity (Wildman–Crippen MR) is 53.6 cm³/mol. The molecule has 0 aliphatic carbocycles. The van der Waals surface area contributed by atoms with Crippen molar-refractivity contribution in [3.8, 4) is 0 Å². The van der Waals surface area contributed by atoms with Crippen LogP contribution in [0, 0.1) is 17.0 Å². The van der Waals surface area contributed by atoms with Gasteiger partial charge >= 0.3 is 5.69 Å². The van der Waals surface area contributed by atoms with Gasteiger partial charge in [-0.2, -0.15) is 5.10 Å². The van der Waals surface area contributed by atoms with Crippen LogP contribution in [0.15, 0.2) is 0 Å². The summed E-state index contributed by atoms with van der Waals surface area (Å²) in [6, 6.07) is 0.0786. The van der Waals surface area contributed by atoms with Gasteiger partial charge in [0.15, 0.2) is 0 Å². The van der Waals surface area contributed by atoms with Crippen LogP contribution in [0.3, 0.4) is 0 Å². The monoisotopic (exact) mass is 217 g/mol. The predicted octanol–water partition coefficient (Wildman–Crippen LogP) is 2.72. The third-order valence-electron chi connectivity index (χ3n) is 2.19. The molecular weight excluding hydrogens is 206 g/mol. The molecule has 0 amide bonds. The molecule has 0 bridgehead atoms. The van der Waals surface area contributed by atoms with E-state index in [2.05, 4.69) is 5.10 Å². The van der Waals surface area contributed by atoms with Crippen molar-refractivity contribution >= 4 is 17.3 Å². The quantitative estimate of drug-likeness (QED) is 0.578. The van der Waals surface area contributed by atoms with Gasteiger partial charge in [0.25, 0.3) is 0 Å². The molecule has 6 heteroatoms. The number of aromatic nitrogens is 2. The van der Waals surface area contributed by atoms with Gasteiger partial charge in [-0.15, -0.1) is 0 Å². The highest BCUT2D eigenvalue weighted by molar-refractivity contribution is 6.31. The van der Waals surface area contributed by atoms with Gasteiger partial charge in [0.05, 0.1) is 11.0 Å². The topological polar surface area (TPSA) is 61.0 Å². The van der Waals surface area contributed by atoms with Crippen molar-refractivity contribution in [2.24, 2.45) is 0 Å². The molecule has 0 fully saturated rings. The van der Waals surface area contributed by atoms with E-state index < -0.39 is 4.92 Å². The first kappa shape index (κ1) is 11.0. The van der Waals surface area contributed by atoms with E-state index in [0.29, 0.717) is 5.69 Å². The molecule has 0 aliphatic rings. The van der Waals surface area contributed by atoms with Crippen molar-refractivity contribution in [2.45, 2.75) is 33.2 Å². The van der Waals surface area contributed by atoms with E-state index in [1.165, 1.54) is 4.68 Å². The van der Waals surface area contributed by atoms with Gasteiger partial charge in [-0.05, 0) is 20.3 Å². The second kappa shape index (κ2) is 3.96. The first-order chi connectivity index (χ1) is 6.49. The van der Waals surface area contributed by atoms with Crippen molar-refractivity contribution in [3.05, 3.63) is 21.0 Å². The van der Waals surface area contributed by atoms with Crippen molar-refractivity contribution < 1.29 is 4.92 Å². The van der Waals surface area contributed by atoms with Crippen LogP contribution >= 0.6 is 11.6 Å². The molecule has 1 atom stereocenters. The molecule has 1 aromatic rings. The Kier molecular flexibility index (Phi) is 3.10. The third kappa shape index (κ3) is 1.72. The molecule has 0 N–H and O–H groups in total. The number of halogens is 1. The van der Waals surface area contributed by atoms with Crippen LogP contribution in [0.4, 0.5) is 5.69 Å². The normalized spacial score (nSPS) is 12.9. The lowest BCUT2D eigenvalue weighted by Crippen LogP contribution is -2.05. The van der Waals surface area contributed by atoms with Gasteiger partial charge in [0, 0.05) is 0 Å². The number of aryl methyl sites for hydroxylation is 1. The molecule has 14 heavy (non-hydrogen) atoms. The van der Waals surface area contributed by atoms with E-state index in [4.69, 9.17) is 11.6 Å². The lowest BCUT2D eigenvalue weighted by molar-refractivity contribution is -0.385. The average molecular weight is 218 g/mol. The zero-order chi connectivity index (χ0) is 10.9. The van der Waals surface area contributed by atoms with E-state index in [1.807, 2.05) is 13.8 Å². The Balaban J connectivity index is 3.23. The minimum atomic E-state index is -0.496. The third-order valence-corrected chi connectivity index (χ3v) is 2.54. The maximum Gasteiger partial charge on any atom is 0.328 e. The van der Waals surface area contributed by atoms with Gasteiger partial charge in [-0.25, -0.2) is 4.68 Å². The fraction of sp³-hybridized carbons (Fsp3) is 0.625. The minimum Gasteiger partial charge on any atom is -0.258 e. The maximum absolute atomic E-state index is 10.6. The Morgan fingerprint density at radius 1 is 1.71 bits per heavy atom. The molecule has 5 nitrogen and oxygen atoms in total. The summed E-state index contributed by atoms with van der Waals surface area (Å²) in [5, 5.41) is 14.8. The first-order valence-electron chi connectivity index (χ1n) is 4.38. The molecule has 78 valence electrons. The van der Waals surface area contributed by atoms with E-state index in [-0.39, 0.29) is 16.9 Å². The van der Waals surface area contributed by atoms with E-state index >= 15 is 0 Å². The van der Waals surface area contributed by atoms with Crippen LogP contribution in [0.1, 0.15) is 32.0 Å². The standard InChI is InChI=1S/C8H12ClN3O2/c1-4-5(2)11-8(9)7(12(13)14)6(3)10-11/h5H,4H2,1-3H3. The lowest BCUT2D eigenvalue weighted by atomic mass is 10.3. The highest BCUT2D eigenvalue weighted by Gasteiger charge is 2.25. The highest BCUT2D eigenvalue weighted by Crippen LogP contribution is 2.30. The average Bonchev–Trinajstić information content (AvgIpc) is 2.40. The number of nitro groups is 1. The summed E-state index contributed by atoms with van der Waals surface area (Å²) in [5.41, 5.74) is 0.271. The Morgan fingerprint density at radius 2 is 2.29 bits per heavy atom. The molecule has 1 rings (SSSR count). The van der Waals surface area contributed by atoms with Gasteiger partial charge in [0.2, 0.25) is 5.15 Å². The van der Waals surface area contributed by atoms with Crippen LogP contribution in [0.5, 0.6) is 0 Å². The summed E-state index contributed by atoms with van der Waals surface area (Å²) in [6.45, 7) is 5.48. The molecule has 0 saturated heterocycles. The highest BCUT2D eigenvalue weighted by atomic mass is 35.5. The van der Waals surface area contributed by atoms with E-state index in [9.17, 15) is 10.1 Å². The summed E-state index contributed by atoms with van der Waals surface area (Å²) in [7, 11) is 0. The Bertz CT molecular complexity index is 362. The van der Waals surface area contributed by atoms with Crippen LogP contribution in [-0.4, -0.2) is 14.7 Å². The summed E-state index contributed by atoms with van der Waals surface area (Å²) in [5.74, 6) is 0. The molecular formula is C8H12ClN3O2. The second-order valence-electron chi connectivity index (χ2n) is 3.18. The molecule has 0 spiro atoms. The zero-order valence-electron chi connectivity index (χ0n) is 8.32. The second-order valence-corrected chi connectivity index (χ2v) is 3.54. The Labute approximate surface area is 86.8 Å². The number of hydrogen-bond acceptors (Lipinski definition) is 3. The van der Waals surface area contributed by atoms with Crippen LogP contribution in [0.25, 0.3) is 0 Å². The maximum atomic E-state index is 10.6. The van der Waals surface area contributed by atoms with Crippen molar-refractivity contribution in [1.29, 1.82) is 0 Å². The molecule has 0 radical (unpaired) electrons. The van der Waals surface area contributed by atoms with E-state index in [0.717, 1.165) is 6.42 Å². The first-order valence-corrected chi connectivity index (χ1v) is 4.75. The zero-order valence-corrected chi connectivity index (χ0v) is 9.08. The smallest absolute Gasteiger partial charge is 0.258 e. The molecule has 0 saturated carbocycles. The molecule has 1 unspecified atom stereocenters. The molecule has 0 aromatic carbocycles. The Hall–Kier alpha value is -1.10. The van der Waals surface area contributed by atoms with Gasteiger partial charge in [0.1, 0.15) is 5.69 Å². The fourth-order valence-electron chi connectivity index (χ4n) is 1.18. The lowest BCUT2D eigenvalue weighted by Gasteiger charge is -2.08. The largest absolute Gasteiger partial charge is 0.328 e. The molecule has 1 heterocycles. The van der Waals surface area contributed by atoms with Crippen LogP contribution in [-0.2, 0) is 0 Å². The number of nitrogens with zero attached hydrogens (tertiary/aromatic N) is 3. The number of rotatable bonds is 3. The van der Waals surface area contributed by atoms with Gasteiger partial charge in [-0.1, -0.05) is 18.5 Å². The van der Waals surface area contributed by atoms with Crippen LogP contribution in [0.2, 0.25) is 5.15 Å². The van der Waals surface area contributed by atoms with Crippen molar-refractivity contribution in [3.63, 3.8) is 0 Å². The Morgan fingerprint density at radius 3 is 2.64 bits per heavy atom. The molecule has 0 aliphatic heterocycles. The van der Waals surface area contributed by atoms with E-state index in [1.54, 1.807) is 6.92 Å². The SMILES string of the molecule is CCC(C)n1nc(C)c([N+](=O)[O-])c1Cl. The summed E-state index contributed by atoms with van der Waals surface area (Å²) < 4.78 is 1.50. The minimum absolute atomic E-state index is 0.0786. The summed E-state index contributed by atoms with van der Waals surface area (Å²) in [4.78, 5) is 10.1. The molecule has 1 aromatic heterocycles. The van der Waals surface area contributed by atoms with Gasteiger partial charge in [-0.3, -0.25) is 10.1 Å². The van der Waals surface area contributed by atoms with Gasteiger partial charge < -0.3 is 0 Å². The van der Waals surface area contributed by atoms with Crippen molar-refractivity contribution in [1.82, 2.24) is 9.78 Å². The number of hydrogen-bond donors (Lipinski definition) is 0. The summed E-state index contributed by atoms with van der Waals surface area (Å²) >= 11 is 5.86.